The number of hydrogen-bond acceptors (Lipinski definition) is 3. The molecule has 4 nitrogen and oxygen atoms in total. The summed E-state index contributed by atoms with van der Waals surface area (Å²) in [6.45, 7) is 8.21. The molecule has 2 rings (SSSR count). The monoisotopic (exact) mass is 356 g/mol. The Kier molecular flexibility index (Phi) is 6.89. The van der Waals surface area contributed by atoms with Gasteiger partial charge in [-0.05, 0) is 42.0 Å². The van der Waals surface area contributed by atoms with Crippen LogP contribution in [0, 0.1) is 11.7 Å². The van der Waals surface area contributed by atoms with Crippen LogP contribution in [0.1, 0.15) is 48.5 Å². The summed E-state index contributed by atoms with van der Waals surface area (Å²) >= 11 is 0. The molecule has 1 aromatic heterocycles. The normalized spacial score (nSPS) is 12.9. The van der Waals surface area contributed by atoms with Gasteiger partial charge in [-0.1, -0.05) is 38.5 Å². The summed E-state index contributed by atoms with van der Waals surface area (Å²) in [5.74, 6) is 0.199. The average Bonchev–Trinajstić information content (AvgIpc) is 2.67. The number of nitrogens with one attached hydrogen (secondary N) is 1. The van der Waals surface area contributed by atoms with Crippen molar-refractivity contribution in [2.75, 3.05) is 7.05 Å². The van der Waals surface area contributed by atoms with Crippen LogP contribution in [0.4, 0.5) is 4.39 Å². The number of hydrogen-bond donors (Lipinski definition) is 1. The predicted octanol–water partition coefficient (Wildman–Crippen LogP) is 5.08. The molecule has 0 saturated heterocycles. The molecule has 0 aliphatic rings. The highest BCUT2D eigenvalue weighted by Crippen LogP contribution is 2.31. The van der Waals surface area contributed by atoms with Crippen LogP contribution in [0.5, 0.6) is 11.6 Å². The standard InChI is InChI=1S/C21H25FN2O2/c1-5-7-15(6-2)14(3)16-8-10-18(11-9-16)26-21-19(22)12-17(13-24-21)20(25)23-4/h5,8-15H,1,6-7H2,2-4H3,(H,23,25). The highest BCUT2D eigenvalue weighted by molar-refractivity contribution is 5.93. The topological polar surface area (TPSA) is 51.2 Å². The van der Waals surface area contributed by atoms with Gasteiger partial charge in [0, 0.05) is 13.2 Å². The Labute approximate surface area is 154 Å². The maximum Gasteiger partial charge on any atom is 0.255 e. The first kappa shape index (κ1) is 19.6. The lowest BCUT2D eigenvalue weighted by atomic mass is 9.84. The van der Waals surface area contributed by atoms with E-state index in [0.29, 0.717) is 17.6 Å². The quantitative estimate of drug-likeness (QED) is 0.671. The minimum absolute atomic E-state index is 0.148. The molecule has 1 aromatic carbocycles. The van der Waals surface area contributed by atoms with Crippen LogP contribution in [0.3, 0.4) is 0 Å². The number of benzene rings is 1. The van der Waals surface area contributed by atoms with Gasteiger partial charge in [0.05, 0.1) is 5.56 Å². The SMILES string of the molecule is C=CCC(CC)C(C)c1ccc(Oc2ncc(C(=O)NC)cc2F)cc1. The maximum atomic E-state index is 14.1. The third-order valence-corrected chi connectivity index (χ3v) is 4.62. The molecule has 1 amide bonds. The van der Waals surface area contributed by atoms with E-state index in [1.54, 1.807) is 12.1 Å². The lowest BCUT2D eigenvalue weighted by molar-refractivity contribution is 0.0962. The Morgan fingerprint density at radius 3 is 2.62 bits per heavy atom. The molecule has 138 valence electrons. The van der Waals surface area contributed by atoms with Crippen molar-refractivity contribution in [3.05, 3.63) is 66.1 Å². The molecule has 2 atom stereocenters. The van der Waals surface area contributed by atoms with Crippen molar-refractivity contribution in [1.29, 1.82) is 0 Å². The molecular formula is C21H25FN2O2. The molecule has 26 heavy (non-hydrogen) atoms. The maximum absolute atomic E-state index is 14.1. The summed E-state index contributed by atoms with van der Waals surface area (Å²) in [6.07, 6.45) is 5.30. The summed E-state index contributed by atoms with van der Waals surface area (Å²) in [6, 6.07) is 8.70. The summed E-state index contributed by atoms with van der Waals surface area (Å²) in [7, 11) is 1.48. The number of aromatic nitrogens is 1. The van der Waals surface area contributed by atoms with Crippen molar-refractivity contribution in [2.45, 2.75) is 32.6 Å². The second kappa shape index (κ2) is 9.13. The van der Waals surface area contributed by atoms with Gasteiger partial charge < -0.3 is 10.1 Å². The van der Waals surface area contributed by atoms with Crippen molar-refractivity contribution in [2.24, 2.45) is 5.92 Å². The molecular weight excluding hydrogens is 331 g/mol. The molecule has 0 spiro atoms. The lowest BCUT2D eigenvalue weighted by Crippen LogP contribution is -2.18. The molecule has 0 aliphatic carbocycles. The minimum atomic E-state index is -0.680. The van der Waals surface area contributed by atoms with Crippen molar-refractivity contribution >= 4 is 5.91 Å². The van der Waals surface area contributed by atoms with E-state index >= 15 is 0 Å². The number of halogens is 1. The second-order valence-electron chi connectivity index (χ2n) is 6.24. The van der Waals surface area contributed by atoms with Gasteiger partial charge >= 0.3 is 0 Å². The fourth-order valence-corrected chi connectivity index (χ4v) is 2.93. The molecule has 5 heteroatoms. The minimum Gasteiger partial charge on any atom is -0.436 e. The Hall–Kier alpha value is -2.69. The van der Waals surface area contributed by atoms with Crippen molar-refractivity contribution in [3.8, 4) is 11.6 Å². The predicted molar refractivity (Wildman–Crippen MR) is 101 cm³/mol. The van der Waals surface area contributed by atoms with Gasteiger partial charge in [-0.15, -0.1) is 6.58 Å². The molecule has 2 unspecified atom stereocenters. The molecule has 2 aromatic rings. The smallest absolute Gasteiger partial charge is 0.255 e. The van der Waals surface area contributed by atoms with Gasteiger partial charge in [-0.2, -0.15) is 0 Å². The number of ether oxygens (including phenoxy) is 1. The molecule has 0 aliphatic heterocycles. The number of pyridine rings is 1. The first-order chi connectivity index (χ1) is 12.5. The number of amides is 1. The summed E-state index contributed by atoms with van der Waals surface area (Å²) in [5.41, 5.74) is 1.35. The van der Waals surface area contributed by atoms with Crippen LogP contribution in [-0.4, -0.2) is 17.9 Å². The first-order valence-electron chi connectivity index (χ1n) is 8.76. The zero-order valence-corrected chi connectivity index (χ0v) is 15.5. The fraction of sp³-hybridized carbons (Fsp3) is 0.333. The first-order valence-corrected chi connectivity index (χ1v) is 8.76. The van der Waals surface area contributed by atoms with Gasteiger partial charge in [0.25, 0.3) is 11.8 Å². The van der Waals surface area contributed by atoms with Gasteiger partial charge in [0.15, 0.2) is 5.82 Å². The van der Waals surface area contributed by atoms with Crippen molar-refractivity contribution in [3.63, 3.8) is 0 Å². The summed E-state index contributed by atoms with van der Waals surface area (Å²) in [5, 5.41) is 2.42. The zero-order valence-electron chi connectivity index (χ0n) is 15.5. The summed E-state index contributed by atoms with van der Waals surface area (Å²) in [4.78, 5) is 15.4. The number of nitrogens with zero attached hydrogens (tertiary/aromatic N) is 1. The van der Waals surface area contributed by atoms with Crippen LogP contribution in [0.25, 0.3) is 0 Å². The zero-order chi connectivity index (χ0) is 19.1. The van der Waals surface area contributed by atoms with Gasteiger partial charge in [0.2, 0.25) is 0 Å². The summed E-state index contributed by atoms with van der Waals surface area (Å²) < 4.78 is 19.6. The van der Waals surface area contributed by atoms with E-state index in [1.807, 2.05) is 18.2 Å². The number of allylic oxidation sites excluding steroid dienone is 1. The van der Waals surface area contributed by atoms with E-state index in [0.717, 1.165) is 18.9 Å². The molecule has 0 radical (unpaired) electrons. The molecule has 0 saturated carbocycles. The molecule has 0 bridgehead atoms. The Morgan fingerprint density at radius 1 is 1.38 bits per heavy atom. The van der Waals surface area contributed by atoms with Crippen LogP contribution in [0.15, 0.2) is 49.2 Å². The molecule has 1 N–H and O–H groups in total. The Bertz CT molecular complexity index is 759. The third-order valence-electron chi connectivity index (χ3n) is 4.62. The fourth-order valence-electron chi connectivity index (χ4n) is 2.93. The molecule has 1 heterocycles. The largest absolute Gasteiger partial charge is 0.436 e. The van der Waals surface area contributed by atoms with Gasteiger partial charge in [0.1, 0.15) is 5.75 Å². The van der Waals surface area contributed by atoms with Crippen LogP contribution < -0.4 is 10.1 Å². The number of carbonyl (C=O) groups excluding carboxylic acids is 1. The van der Waals surface area contributed by atoms with E-state index in [1.165, 1.54) is 18.8 Å². The third kappa shape index (κ3) is 4.69. The van der Waals surface area contributed by atoms with Crippen molar-refractivity contribution < 1.29 is 13.9 Å². The van der Waals surface area contributed by atoms with E-state index < -0.39 is 11.7 Å². The van der Waals surface area contributed by atoms with Gasteiger partial charge in [-0.25, -0.2) is 9.37 Å². The lowest BCUT2D eigenvalue weighted by Gasteiger charge is -2.22. The highest BCUT2D eigenvalue weighted by atomic mass is 19.1. The van der Waals surface area contributed by atoms with Crippen LogP contribution in [0.2, 0.25) is 0 Å². The Balaban J connectivity index is 2.12. The van der Waals surface area contributed by atoms with Crippen LogP contribution >= 0.6 is 0 Å². The van der Waals surface area contributed by atoms with Gasteiger partial charge in [-0.3, -0.25) is 4.79 Å². The van der Waals surface area contributed by atoms with E-state index in [-0.39, 0.29) is 11.4 Å². The second-order valence-corrected chi connectivity index (χ2v) is 6.24. The Morgan fingerprint density at radius 2 is 2.08 bits per heavy atom. The number of carbonyl (C=O) groups is 1. The van der Waals surface area contributed by atoms with Crippen molar-refractivity contribution in [1.82, 2.24) is 10.3 Å². The van der Waals surface area contributed by atoms with E-state index in [4.69, 9.17) is 4.74 Å². The van der Waals surface area contributed by atoms with Crippen LogP contribution in [-0.2, 0) is 0 Å². The van der Waals surface area contributed by atoms with E-state index in [2.05, 4.69) is 30.7 Å². The highest BCUT2D eigenvalue weighted by Gasteiger charge is 2.16. The number of rotatable bonds is 8. The van der Waals surface area contributed by atoms with E-state index in [9.17, 15) is 9.18 Å². The average molecular weight is 356 g/mol. The molecule has 0 fully saturated rings.